The van der Waals surface area contributed by atoms with Gasteiger partial charge in [0.25, 0.3) is 0 Å². The summed E-state index contributed by atoms with van der Waals surface area (Å²) in [6.45, 7) is -3.39. The summed E-state index contributed by atoms with van der Waals surface area (Å²) < 4.78 is 37.7. The Morgan fingerprint density at radius 3 is 1.02 bits per heavy atom. The molecule has 0 aromatic heterocycles. The van der Waals surface area contributed by atoms with Gasteiger partial charge < -0.3 is 105 Å². The quantitative estimate of drug-likeness (QED) is 0.0946. The first-order valence-corrected chi connectivity index (χ1v) is 14.1. The van der Waals surface area contributed by atoms with Gasteiger partial charge in [0.2, 0.25) is 0 Å². The van der Waals surface area contributed by atoms with Crippen molar-refractivity contribution < 1.29 is 105 Å². The number of aliphatic hydroxyl groups excluding tert-OH is 14. The Bertz CT molecular complexity index is 917. The summed E-state index contributed by atoms with van der Waals surface area (Å²) in [5, 5.41) is 142. The molecule has 0 bridgehead atoms. The Morgan fingerprint density at radius 2 is 0.652 bits per heavy atom. The van der Waals surface area contributed by atoms with Crippen LogP contribution in [0.15, 0.2) is 0 Å². The summed E-state index contributed by atoms with van der Waals surface area (Å²) in [5.74, 6) is 0. The van der Waals surface area contributed by atoms with E-state index >= 15 is 0 Å². The van der Waals surface area contributed by atoms with Crippen LogP contribution in [0, 0.1) is 0 Å². The molecule has 4 rings (SSSR count). The van der Waals surface area contributed by atoms with E-state index in [9.17, 15) is 71.5 Å². The number of rotatable bonds is 10. The minimum atomic E-state index is -2.02. The van der Waals surface area contributed by atoms with Crippen molar-refractivity contribution in [3.05, 3.63) is 0 Å². The SMILES string of the molecule is OC[C@H]1O[C@H](O[C@H]2[C@H](O)[C@@H](O)[C@@H](O[C@H]3[C@H](O)[C@@H](O)[C@@H](O[C@H]4[C@H](O)[C@@H](O)[C@@H](O)O[C@@H]4CO)O[C@@H]3CO)O[C@@H]2CO)[C@H](O)[C@@H](O)[C@@H]1O.[NaH]. The average Bonchev–Trinajstić information content (AvgIpc) is 3.03. The van der Waals surface area contributed by atoms with Crippen LogP contribution in [0.3, 0.4) is 0 Å². The van der Waals surface area contributed by atoms with Crippen LogP contribution in [0.5, 0.6) is 0 Å². The van der Waals surface area contributed by atoms with Crippen LogP contribution in [0.25, 0.3) is 0 Å². The Labute approximate surface area is 282 Å². The Hall–Kier alpha value is 0.160. The van der Waals surface area contributed by atoms with Crippen LogP contribution in [-0.2, 0) is 33.2 Å². The molecule has 0 unspecified atom stereocenters. The second-order valence-corrected chi connectivity index (χ2v) is 11.1. The Balaban J connectivity index is 0.00000576. The molecule has 22 heteroatoms. The van der Waals surface area contributed by atoms with Crippen LogP contribution in [0.4, 0.5) is 0 Å². The second-order valence-electron chi connectivity index (χ2n) is 11.1. The van der Waals surface area contributed by atoms with E-state index in [4.69, 9.17) is 33.2 Å². The van der Waals surface area contributed by atoms with Gasteiger partial charge in [-0.1, -0.05) is 0 Å². The molecule has 0 aromatic carbocycles. The molecule has 266 valence electrons. The van der Waals surface area contributed by atoms with E-state index in [0.717, 1.165) is 0 Å². The first kappa shape index (κ1) is 40.6. The fourth-order valence-corrected chi connectivity index (χ4v) is 5.55. The van der Waals surface area contributed by atoms with Crippen LogP contribution in [0.2, 0.25) is 0 Å². The van der Waals surface area contributed by atoms with Gasteiger partial charge in [-0.25, -0.2) is 0 Å². The van der Waals surface area contributed by atoms with Gasteiger partial charge in [-0.15, -0.1) is 0 Å². The Kier molecular flexibility index (Phi) is 15.3. The standard InChI is InChI=1S/C24H42O21.Na.H/c25-1-5-9(29)10(30)15(35)22(40-5)44-19-7(3-27)42-24(17(37)12(19)32)45-20-8(4-28)41-23(16(36)13(20)33)43-18-6(2-26)39-21(38)14(34)11(18)31;;/h5-38H,1-4H2;;/t5-,6-,7-,8-,9-,10+,11-,12-,13-,14-,15-,16-,17-,18-,19-,20-,21+,22-,23-,24-;;/m1../s1. The van der Waals surface area contributed by atoms with Crippen LogP contribution < -0.4 is 0 Å². The van der Waals surface area contributed by atoms with Crippen molar-refractivity contribution in [2.45, 2.75) is 123 Å². The molecule has 0 radical (unpaired) electrons. The van der Waals surface area contributed by atoms with Gasteiger partial charge in [0, 0.05) is 0 Å². The summed E-state index contributed by atoms with van der Waals surface area (Å²) in [5.41, 5.74) is 0. The van der Waals surface area contributed by atoms with E-state index in [2.05, 4.69) is 0 Å². The zero-order chi connectivity index (χ0) is 33.3. The molecule has 0 spiro atoms. The van der Waals surface area contributed by atoms with E-state index in [1.165, 1.54) is 0 Å². The molecule has 14 N–H and O–H groups in total. The third-order valence-corrected chi connectivity index (χ3v) is 8.20. The minimum absolute atomic E-state index is 0. The Morgan fingerprint density at radius 1 is 0.348 bits per heavy atom. The van der Waals surface area contributed by atoms with Crippen LogP contribution in [0.1, 0.15) is 0 Å². The summed E-state index contributed by atoms with van der Waals surface area (Å²) in [6.07, 6.45) is -35.3. The fraction of sp³-hybridized carbons (Fsp3) is 1.00. The second kappa shape index (κ2) is 17.4. The third kappa shape index (κ3) is 8.20. The molecular formula is C24H43NaO21. The van der Waals surface area contributed by atoms with Crippen molar-refractivity contribution in [3.63, 3.8) is 0 Å². The molecule has 4 fully saturated rings. The molecule has 4 saturated heterocycles. The monoisotopic (exact) mass is 690 g/mol. The van der Waals surface area contributed by atoms with Gasteiger partial charge >= 0.3 is 29.6 Å². The van der Waals surface area contributed by atoms with E-state index in [1.807, 2.05) is 0 Å². The molecule has 0 saturated carbocycles. The van der Waals surface area contributed by atoms with Crippen molar-refractivity contribution in [2.24, 2.45) is 0 Å². The predicted molar refractivity (Wildman–Crippen MR) is 141 cm³/mol. The molecule has 4 aliphatic heterocycles. The van der Waals surface area contributed by atoms with E-state index in [-0.39, 0.29) is 29.6 Å². The van der Waals surface area contributed by atoms with Crippen LogP contribution in [-0.4, -0.2) is 250 Å². The van der Waals surface area contributed by atoms with Crippen molar-refractivity contribution in [3.8, 4) is 0 Å². The van der Waals surface area contributed by atoms with Crippen molar-refractivity contribution in [1.29, 1.82) is 0 Å². The number of ether oxygens (including phenoxy) is 7. The van der Waals surface area contributed by atoms with Crippen LogP contribution >= 0.6 is 0 Å². The molecule has 4 heterocycles. The first-order chi connectivity index (χ1) is 21.3. The number of hydrogen-bond acceptors (Lipinski definition) is 21. The molecule has 21 nitrogen and oxygen atoms in total. The molecular weight excluding hydrogens is 647 g/mol. The maximum absolute atomic E-state index is 10.9. The maximum atomic E-state index is 10.9. The van der Waals surface area contributed by atoms with Gasteiger partial charge in [-0.3, -0.25) is 0 Å². The fourth-order valence-electron chi connectivity index (χ4n) is 5.55. The summed E-state index contributed by atoms with van der Waals surface area (Å²) >= 11 is 0. The van der Waals surface area contributed by atoms with Gasteiger partial charge in [-0.05, 0) is 0 Å². The van der Waals surface area contributed by atoms with Crippen molar-refractivity contribution in [1.82, 2.24) is 0 Å². The third-order valence-electron chi connectivity index (χ3n) is 8.20. The van der Waals surface area contributed by atoms with E-state index in [1.54, 1.807) is 0 Å². The van der Waals surface area contributed by atoms with Gasteiger partial charge in [0.05, 0.1) is 26.4 Å². The van der Waals surface area contributed by atoms with Gasteiger partial charge in [-0.2, -0.15) is 0 Å². The normalized spacial score (nSPS) is 51.8. The molecule has 0 amide bonds. The molecule has 4 aliphatic rings. The summed E-state index contributed by atoms with van der Waals surface area (Å²) in [4.78, 5) is 0. The topological polar surface area (TPSA) is 348 Å². The zero-order valence-corrected chi connectivity index (χ0v) is 23.5. The average molecular weight is 691 g/mol. The zero-order valence-electron chi connectivity index (χ0n) is 23.5. The van der Waals surface area contributed by atoms with Crippen molar-refractivity contribution in [2.75, 3.05) is 26.4 Å². The number of hydrogen-bond donors (Lipinski definition) is 14. The number of aliphatic hydroxyl groups is 14. The molecule has 0 aromatic rings. The van der Waals surface area contributed by atoms with Gasteiger partial charge in [0.15, 0.2) is 25.2 Å². The molecule has 20 atom stereocenters. The summed E-state index contributed by atoms with van der Waals surface area (Å²) in [6, 6.07) is 0. The first-order valence-electron chi connectivity index (χ1n) is 14.1. The predicted octanol–water partition coefficient (Wildman–Crippen LogP) is -10.4. The van der Waals surface area contributed by atoms with E-state index in [0.29, 0.717) is 0 Å². The molecule has 46 heavy (non-hydrogen) atoms. The van der Waals surface area contributed by atoms with Gasteiger partial charge in [0.1, 0.15) is 97.7 Å². The van der Waals surface area contributed by atoms with Crippen molar-refractivity contribution >= 4 is 29.6 Å². The van der Waals surface area contributed by atoms with E-state index < -0.39 is 149 Å². The molecule has 0 aliphatic carbocycles. The summed E-state index contributed by atoms with van der Waals surface area (Å²) in [7, 11) is 0.